The van der Waals surface area contributed by atoms with E-state index in [1.54, 1.807) is 6.07 Å². The van der Waals surface area contributed by atoms with Gasteiger partial charge in [0.25, 0.3) is 0 Å². The fourth-order valence-corrected chi connectivity index (χ4v) is 0.454. The van der Waals surface area contributed by atoms with Crippen LogP contribution in [0.5, 0.6) is 0 Å². The number of terminal acetylenes is 1. The summed E-state index contributed by atoms with van der Waals surface area (Å²) in [5.74, 6) is 2.55. The highest BCUT2D eigenvalue weighted by Crippen LogP contribution is 1.91. The minimum atomic E-state index is 0.213. The Morgan fingerprint density at radius 1 is 1.67 bits per heavy atom. The standard InChI is InChI=1S/C6H5N3/c1-2-5-3-4-8-6(7)9-5/h1,3-4H,(H2,7,8,9). The normalized spacial score (nSPS) is 8.33. The van der Waals surface area contributed by atoms with Crippen LogP contribution in [0, 0.1) is 12.3 Å². The Morgan fingerprint density at radius 3 is 2.89 bits per heavy atom. The monoisotopic (exact) mass is 119 g/mol. The predicted molar refractivity (Wildman–Crippen MR) is 34.4 cm³/mol. The molecule has 1 rings (SSSR count). The highest BCUT2D eigenvalue weighted by atomic mass is 15.0. The lowest BCUT2D eigenvalue weighted by Gasteiger charge is -1.88. The first-order chi connectivity index (χ1) is 4.33. The summed E-state index contributed by atoms with van der Waals surface area (Å²) in [6, 6.07) is 1.62. The van der Waals surface area contributed by atoms with E-state index in [0.29, 0.717) is 5.69 Å². The lowest BCUT2D eigenvalue weighted by molar-refractivity contribution is 1.17. The lowest BCUT2D eigenvalue weighted by Crippen LogP contribution is -1.94. The second kappa shape index (κ2) is 2.14. The third-order valence-corrected chi connectivity index (χ3v) is 0.822. The van der Waals surface area contributed by atoms with Crippen LogP contribution < -0.4 is 5.73 Å². The first-order valence-corrected chi connectivity index (χ1v) is 2.38. The van der Waals surface area contributed by atoms with Crippen molar-refractivity contribution in [3.8, 4) is 12.3 Å². The van der Waals surface area contributed by atoms with Gasteiger partial charge >= 0.3 is 0 Å². The van der Waals surface area contributed by atoms with Crippen LogP contribution >= 0.6 is 0 Å². The summed E-state index contributed by atoms with van der Waals surface area (Å²) in [6.45, 7) is 0. The molecule has 0 bridgehead atoms. The second-order valence-corrected chi connectivity index (χ2v) is 1.44. The Hall–Kier alpha value is -1.56. The van der Waals surface area contributed by atoms with Gasteiger partial charge in [-0.2, -0.15) is 0 Å². The summed E-state index contributed by atoms with van der Waals surface area (Å²) >= 11 is 0. The zero-order valence-electron chi connectivity index (χ0n) is 4.70. The number of nitrogen functional groups attached to an aromatic ring is 1. The van der Waals surface area contributed by atoms with E-state index in [9.17, 15) is 0 Å². The van der Waals surface area contributed by atoms with Gasteiger partial charge in [0.2, 0.25) is 5.95 Å². The molecule has 0 radical (unpaired) electrons. The highest BCUT2D eigenvalue weighted by molar-refractivity contribution is 5.27. The minimum absolute atomic E-state index is 0.213. The molecule has 44 valence electrons. The molecule has 0 aliphatic rings. The highest BCUT2D eigenvalue weighted by Gasteiger charge is 1.87. The van der Waals surface area contributed by atoms with E-state index < -0.39 is 0 Å². The molecule has 0 spiro atoms. The van der Waals surface area contributed by atoms with E-state index >= 15 is 0 Å². The number of hydrogen-bond acceptors (Lipinski definition) is 3. The summed E-state index contributed by atoms with van der Waals surface area (Å²) in [5.41, 5.74) is 5.73. The minimum Gasteiger partial charge on any atom is -0.368 e. The van der Waals surface area contributed by atoms with Crippen LogP contribution in [0.1, 0.15) is 5.69 Å². The molecule has 0 amide bonds. The van der Waals surface area contributed by atoms with Crippen molar-refractivity contribution in [2.75, 3.05) is 5.73 Å². The Kier molecular flexibility index (Phi) is 1.32. The molecule has 0 saturated carbocycles. The van der Waals surface area contributed by atoms with Crippen LogP contribution in [0.4, 0.5) is 5.95 Å². The van der Waals surface area contributed by atoms with Gasteiger partial charge in [-0.1, -0.05) is 5.92 Å². The molecule has 0 unspecified atom stereocenters. The first kappa shape index (κ1) is 5.57. The summed E-state index contributed by atoms with van der Waals surface area (Å²) in [5, 5.41) is 0. The van der Waals surface area contributed by atoms with Crippen molar-refractivity contribution in [1.82, 2.24) is 9.97 Å². The molecule has 0 atom stereocenters. The van der Waals surface area contributed by atoms with Gasteiger partial charge in [-0.05, 0) is 6.07 Å². The van der Waals surface area contributed by atoms with Crippen LogP contribution in [-0.4, -0.2) is 9.97 Å². The number of nitrogens with zero attached hydrogens (tertiary/aromatic N) is 2. The maximum Gasteiger partial charge on any atom is 0.221 e. The Balaban J connectivity index is 3.12. The molecule has 1 heterocycles. The summed E-state index contributed by atoms with van der Waals surface area (Å²) in [6.07, 6.45) is 6.55. The molecular weight excluding hydrogens is 114 g/mol. The van der Waals surface area contributed by atoms with E-state index in [0.717, 1.165) is 0 Å². The number of rotatable bonds is 0. The smallest absolute Gasteiger partial charge is 0.221 e. The average molecular weight is 119 g/mol. The molecule has 1 aromatic heterocycles. The first-order valence-electron chi connectivity index (χ1n) is 2.38. The van der Waals surface area contributed by atoms with Crippen molar-refractivity contribution < 1.29 is 0 Å². The molecule has 0 fully saturated rings. The number of anilines is 1. The van der Waals surface area contributed by atoms with Crippen molar-refractivity contribution in [3.63, 3.8) is 0 Å². The molecule has 0 aliphatic heterocycles. The largest absolute Gasteiger partial charge is 0.368 e. The molecule has 0 aliphatic carbocycles. The maximum absolute atomic E-state index is 5.22. The topological polar surface area (TPSA) is 51.8 Å². The van der Waals surface area contributed by atoms with Crippen molar-refractivity contribution >= 4 is 5.95 Å². The van der Waals surface area contributed by atoms with Crippen molar-refractivity contribution in [2.24, 2.45) is 0 Å². The van der Waals surface area contributed by atoms with Crippen LogP contribution in [0.3, 0.4) is 0 Å². The summed E-state index contributed by atoms with van der Waals surface area (Å²) in [7, 11) is 0. The second-order valence-electron chi connectivity index (χ2n) is 1.44. The van der Waals surface area contributed by atoms with Gasteiger partial charge in [0.15, 0.2) is 0 Å². The lowest BCUT2D eigenvalue weighted by atomic mass is 10.4. The van der Waals surface area contributed by atoms with Crippen molar-refractivity contribution in [3.05, 3.63) is 18.0 Å². The van der Waals surface area contributed by atoms with Gasteiger partial charge in [0, 0.05) is 6.20 Å². The Labute approximate surface area is 52.9 Å². The quantitative estimate of drug-likeness (QED) is 0.490. The fraction of sp³-hybridized carbons (Fsp3) is 0. The maximum atomic E-state index is 5.22. The van der Waals surface area contributed by atoms with Gasteiger partial charge in [-0.3, -0.25) is 0 Å². The third-order valence-electron chi connectivity index (χ3n) is 0.822. The van der Waals surface area contributed by atoms with Crippen molar-refractivity contribution in [2.45, 2.75) is 0 Å². The van der Waals surface area contributed by atoms with Crippen LogP contribution in [0.25, 0.3) is 0 Å². The summed E-state index contributed by atoms with van der Waals surface area (Å²) in [4.78, 5) is 7.38. The third kappa shape index (κ3) is 1.16. The van der Waals surface area contributed by atoms with Crippen molar-refractivity contribution in [1.29, 1.82) is 0 Å². The Bertz CT molecular complexity index is 249. The predicted octanol–water partition coefficient (Wildman–Crippen LogP) is 0.0401. The van der Waals surface area contributed by atoms with Gasteiger partial charge in [0.1, 0.15) is 5.69 Å². The molecule has 1 aromatic rings. The number of hydrogen-bond donors (Lipinski definition) is 1. The van der Waals surface area contributed by atoms with Crippen LogP contribution in [-0.2, 0) is 0 Å². The number of nitrogens with two attached hydrogens (primary N) is 1. The van der Waals surface area contributed by atoms with E-state index in [-0.39, 0.29) is 5.95 Å². The zero-order valence-corrected chi connectivity index (χ0v) is 4.70. The van der Waals surface area contributed by atoms with E-state index in [1.807, 2.05) is 0 Å². The molecule has 3 nitrogen and oxygen atoms in total. The molecule has 0 saturated heterocycles. The molecule has 3 heteroatoms. The zero-order chi connectivity index (χ0) is 6.69. The SMILES string of the molecule is C#Cc1ccnc(N)n1. The van der Waals surface area contributed by atoms with Gasteiger partial charge in [-0.15, -0.1) is 6.42 Å². The molecule has 2 N–H and O–H groups in total. The van der Waals surface area contributed by atoms with Gasteiger partial charge < -0.3 is 5.73 Å². The van der Waals surface area contributed by atoms with E-state index in [2.05, 4.69) is 15.9 Å². The van der Waals surface area contributed by atoms with Gasteiger partial charge in [0.05, 0.1) is 0 Å². The fourth-order valence-electron chi connectivity index (χ4n) is 0.454. The number of aromatic nitrogens is 2. The van der Waals surface area contributed by atoms with Crippen LogP contribution in [0.2, 0.25) is 0 Å². The van der Waals surface area contributed by atoms with Crippen LogP contribution in [0.15, 0.2) is 12.3 Å². The molecular formula is C6H5N3. The molecule has 9 heavy (non-hydrogen) atoms. The van der Waals surface area contributed by atoms with E-state index in [1.165, 1.54) is 6.20 Å². The average Bonchev–Trinajstić information content (AvgIpc) is 1.88. The Morgan fingerprint density at radius 2 is 2.44 bits per heavy atom. The van der Waals surface area contributed by atoms with E-state index in [4.69, 9.17) is 12.2 Å². The summed E-state index contributed by atoms with van der Waals surface area (Å²) < 4.78 is 0. The van der Waals surface area contributed by atoms with Gasteiger partial charge in [-0.25, -0.2) is 9.97 Å². The molecule has 0 aromatic carbocycles.